The molecule has 1 aliphatic carbocycles. The molecule has 4 nitrogen and oxygen atoms in total. The Bertz CT molecular complexity index is 493. The van der Waals surface area contributed by atoms with E-state index in [2.05, 4.69) is 40.8 Å². The Balaban J connectivity index is 0.000000394. The normalized spacial score (nSPS) is 16.0. The van der Waals surface area contributed by atoms with Crippen LogP contribution in [-0.4, -0.2) is 23.9 Å². The van der Waals surface area contributed by atoms with Gasteiger partial charge in [0.1, 0.15) is 5.82 Å². The number of pyridine rings is 1. The molecule has 5 heteroatoms. The summed E-state index contributed by atoms with van der Waals surface area (Å²) in [5.41, 5.74) is 2.62. The third-order valence-corrected chi connectivity index (χ3v) is 3.38. The van der Waals surface area contributed by atoms with Crippen LogP contribution in [0.4, 0.5) is 5.82 Å². The maximum atomic E-state index is 4.19. The van der Waals surface area contributed by atoms with E-state index in [9.17, 15) is 0 Å². The molecule has 1 aromatic heterocycles. The summed E-state index contributed by atoms with van der Waals surface area (Å²) in [5, 5.41) is 6.11. The van der Waals surface area contributed by atoms with E-state index in [0.29, 0.717) is 0 Å². The van der Waals surface area contributed by atoms with Crippen LogP contribution in [0.5, 0.6) is 0 Å². The molecule has 0 saturated heterocycles. The predicted octanol–water partition coefficient (Wildman–Crippen LogP) is 1.05. The van der Waals surface area contributed by atoms with Gasteiger partial charge < -0.3 is 29.5 Å². The fraction of sp³-hybridized carbons (Fsp3) is 0.474. The smallest absolute Gasteiger partial charge is 0.457 e. The number of nitrogens with one attached hydrogen (secondary N) is 2. The van der Waals surface area contributed by atoms with E-state index in [1.54, 1.807) is 0 Å². The summed E-state index contributed by atoms with van der Waals surface area (Å²) in [7, 11) is 0. The van der Waals surface area contributed by atoms with Crippen LogP contribution in [0.3, 0.4) is 0 Å². The Morgan fingerprint density at radius 2 is 2.08 bits per heavy atom. The second kappa shape index (κ2) is 13.5. The van der Waals surface area contributed by atoms with E-state index in [1.807, 2.05) is 45.3 Å². The van der Waals surface area contributed by atoms with Gasteiger partial charge in [-0.25, -0.2) is 4.98 Å². The Hall–Kier alpha value is -0.840. The molecule has 2 aliphatic rings. The van der Waals surface area contributed by atoms with Crippen molar-refractivity contribution < 1.29 is 29.6 Å². The second-order valence-electron chi connectivity index (χ2n) is 5.42. The van der Waals surface area contributed by atoms with Crippen molar-refractivity contribution in [3.63, 3.8) is 0 Å². The summed E-state index contributed by atoms with van der Waals surface area (Å²) in [6, 6.07) is 4.11. The van der Waals surface area contributed by atoms with E-state index >= 15 is 0 Å². The van der Waals surface area contributed by atoms with Gasteiger partial charge in [0.15, 0.2) is 0 Å². The van der Waals surface area contributed by atoms with E-state index in [4.69, 9.17) is 0 Å². The minimum absolute atomic E-state index is 0. The van der Waals surface area contributed by atoms with Gasteiger partial charge in [-0.15, -0.1) is 17.8 Å². The number of aliphatic imine (C=N–C) groups is 1. The first-order valence-corrected chi connectivity index (χ1v) is 8.37. The first kappa shape index (κ1) is 23.2. The zero-order chi connectivity index (χ0) is 17.1. The molecule has 24 heavy (non-hydrogen) atoms. The van der Waals surface area contributed by atoms with Crippen LogP contribution >= 0.6 is 0 Å². The number of anilines is 1. The molecule has 0 bridgehead atoms. The van der Waals surface area contributed by atoms with Crippen LogP contribution < -0.4 is 40.2 Å². The third kappa shape index (κ3) is 9.45. The largest absolute Gasteiger partial charge is 1.00 e. The van der Waals surface area contributed by atoms with Crippen LogP contribution in [0.15, 0.2) is 35.1 Å². The zero-order valence-corrected chi connectivity index (χ0v) is 17.6. The first-order valence-electron chi connectivity index (χ1n) is 8.37. The number of aryl methyl sites for hydroxylation is 1. The SMILES string of the molecule is CC.[C-]1=NC=C(C2CC2)CN1.[CH2-]CC([CH2-])Nc1ccc(C)cn1.[Na+]. The molecule has 1 saturated carbocycles. The predicted molar refractivity (Wildman–Crippen MR) is 99.3 cm³/mol. The van der Waals surface area contributed by atoms with Crippen molar-refractivity contribution in [3.8, 4) is 0 Å². The van der Waals surface area contributed by atoms with Crippen LogP contribution in [0.2, 0.25) is 0 Å². The van der Waals surface area contributed by atoms with Gasteiger partial charge in [-0.3, -0.25) is 0 Å². The van der Waals surface area contributed by atoms with Crippen LogP contribution in [0, 0.1) is 26.7 Å². The van der Waals surface area contributed by atoms with Crippen molar-refractivity contribution in [2.75, 3.05) is 11.9 Å². The molecule has 128 valence electrons. The molecule has 1 aliphatic heterocycles. The van der Waals surface area contributed by atoms with Gasteiger partial charge in [-0.1, -0.05) is 26.3 Å². The summed E-state index contributed by atoms with van der Waals surface area (Å²) in [5.74, 6) is 1.72. The molecule has 1 fully saturated rings. The molecule has 2 heterocycles. The first-order chi connectivity index (χ1) is 11.2. The number of hydrogen-bond acceptors (Lipinski definition) is 4. The number of hydrogen-bond donors (Lipinski definition) is 2. The molecular weight excluding hydrogens is 307 g/mol. The average molecular weight is 336 g/mol. The van der Waals surface area contributed by atoms with Crippen LogP contribution in [0.1, 0.15) is 38.7 Å². The molecule has 0 spiro atoms. The summed E-state index contributed by atoms with van der Waals surface area (Å²) in [6.45, 7) is 14.6. The number of rotatable bonds is 4. The molecular formula is C19H29N4Na-2. The number of nitrogens with zero attached hydrogens (tertiary/aromatic N) is 2. The van der Waals surface area contributed by atoms with Crippen molar-refractivity contribution in [1.29, 1.82) is 0 Å². The monoisotopic (exact) mass is 336 g/mol. The minimum Gasteiger partial charge on any atom is -0.457 e. The third-order valence-electron chi connectivity index (χ3n) is 3.38. The van der Waals surface area contributed by atoms with Gasteiger partial charge in [0.2, 0.25) is 0 Å². The molecule has 0 aromatic carbocycles. The topological polar surface area (TPSA) is 49.3 Å². The van der Waals surface area contributed by atoms with E-state index in [0.717, 1.165) is 30.3 Å². The van der Waals surface area contributed by atoms with Gasteiger partial charge >= 0.3 is 29.6 Å². The zero-order valence-electron chi connectivity index (χ0n) is 15.6. The van der Waals surface area contributed by atoms with E-state index in [-0.39, 0.29) is 35.6 Å². The minimum atomic E-state index is 0. The number of aromatic nitrogens is 1. The van der Waals surface area contributed by atoms with Gasteiger partial charge in [-0.05, 0) is 37.3 Å². The van der Waals surface area contributed by atoms with Crippen LogP contribution in [0.25, 0.3) is 0 Å². The molecule has 1 unspecified atom stereocenters. The van der Waals surface area contributed by atoms with Crippen molar-refractivity contribution >= 4 is 12.2 Å². The Morgan fingerprint density at radius 3 is 2.54 bits per heavy atom. The Morgan fingerprint density at radius 1 is 1.38 bits per heavy atom. The van der Waals surface area contributed by atoms with Crippen molar-refractivity contribution in [3.05, 3.63) is 49.5 Å². The standard InChI is InChI=1S/C10H14N2.C7H9N2.C2H6.Na/c1-4-9(3)12-10-6-5-8(2)7-11-10;1-2-6(1)7-3-8-5-9-4-7;1-2;/h5-7,9H,1,3-4H2,2H3,(H,11,12);3,6H,1-2,4H2,(H,8,9);1-2H3;/q-2;-1;;+1. The van der Waals surface area contributed by atoms with Crippen molar-refractivity contribution in [2.24, 2.45) is 10.9 Å². The molecule has 0 amide bonds. The summed E-state index contributed by atoms with van der Waals surface area (Å²) in [4.78, 5) is 8.08. The van der Waals surface area contributed by atoms with Crippen molar-refractivity contribution in [1.82, 2.24) is 10.3 Å². The van der Waals surface area contributed by atoms with Gasteiger partial charge in [-0.2, -0.15) is 6.42 Å². The molecule has 0 radical (unpaired) electrons. The maximum Gasteiger partial charge on any atom is 1.00 e. The second-order valence-corrected chi connectivity index (χ2v) is 5.42. The van der Waals surface area contributed by atoms with Gasteiger partial charge in [0.05, 0.1) is 0 Å². The van der Waals surface area contributed by atoms with Crippen molar-refractivity contribution in [2.45, 2.75) is 46.1 Å². The van der Waals surface area contributed by atoms with Gasteiger partial charge in [0, 0.05) is 12.7 Å². The Labute approximate surface area is 169 Å². The fourth-order valence-electron chi connectivity index (χ4n) is 1.89. The average Bonchev–Trinajstić information content (AvgIpc) is 3.45. The molecule has 2 N–H and O–H groups in total. The maximum absolute atomic E-state index is 4.19. The summed E-state index contributed by atoms with van der Waals surface area (Å²) in [6.07, 6.45) is 9.95. The fourth-order valence-corrected chi connectivity index (χ4v) is 1.89. The van der Waals surface area contributed by atoms with E-state index in [1.165, 1.54) is 18.4 Å². The molecule has 1 atom stereocenters. The summed E-state index contributed by atoms with van der Waals surface area (Å²) >= 11 is 0. The Kier molecular flexibility index (Phi) is 13.0. The molecule has 1 aromatic rings. The quantitative estimate of drug-likeness (QED) is 0.638. The molecule has 3 rings (SSSR count). The summed E-state index contributed by atoms with van der Waals surface area (Å²) < 4.78 is 0. The van der Waals surface area contributed by atoms with Gasteiger partial charge in [0.25, 0.3) is 0 Å². The van der Waals surface area contributed by atoms with E-state index < -0.39 is 0 Å². The van der Waals surface area contributed by atoms with Crippen LogP contribution in [-0.2, 0) is 0 Å².